The first kappa shape index (κ1) is 16.3. The van der Waals surface area contributed by atoms with Gasteiger partial charge < -0.3 is 9.47 Å². The lowest BCUT2D eigenvalue weighted by Crippen LogP contribution is -2.09. The Bertz CT molecular complexity index is 889. The molecule has 0 aliphatic rings. The van der Waals surface area contributed by atoms with Crippen molar-refractivity contribution in [2.45, 2.75) is 13.0 Å². The molecule has 0 radical (unpaired) electrons. The molecule has 122 valence electrons. The minimum Gasteiger partial charge on any atom is -0.497 e. The fourth-order valence-electron chi connectivity index (χ4n) is 2.54. The molecular formula is C20H17ClO3. The molecule has 24 heavy (non-hydrogen) atoms. The van der Waals surface area contributed by atoms with E-state index in [0.29, 0.717) is 10.6 Å². The number of hydrogen-bond donors (Lipinski definition) is 0. The second-order valence-electron chi connectivity index (χ2n) is 5.50. The highest BCUT2D eigenvalue weighted by Crippen LogP contribution is 2.27. The fourth-order valence-corrected chi connectivity index (χ4v) is 2.75. The van der Waals surface area contributed by atoms with E-state index < -0.39 is 5.97 Å². The number of fused-ring (bicyclic) bond motifs is 1. The average molecular weight is 341 g/mol. The molecule has 0 saturated heterocycles. The van der Waals surface area contributed by atoms with Gasteiger partial charge in [-0.3, -0.25) is 0 Å². The first-order chi connectivity index (χ1) is 11.6. The molecular weight excluding hydrogens is 324 g/mol. The zero-order valence-corrected chi connectivity index (χ0v) is 14.2. The van der Waals surface area contributed by atoms with Gasteiger partial charge in [0, 0.05) is 0 Å². The van der Waals surface area contributed by atoms with Crippen molar-refractivity contribution in [3.8, 4) is 5.75 Å². The highest BCUT2D eigenvalue weighted by Gasteiger charge is 2.16. The molecule has 0 aliphatic heterocycles. The van der Waals surface area contributed by atoms with Crippen LogP contribution in [0.4, 0.5) is 0 Å². The molecule has 3 aromatic carbocycles. The molecule has 0 unspecified atom stereocenters. The van der Waals surface area contributed by atoms with Crippen molar-refractivity contribution in [1.29, 1.82) is 0 Å². The lowest BCUT2D eigenvalue weighted by molar-refractivity contribution is 0.0338. The van der Waals surface area contributed by atoms with Crippen molar-refractivity contribution in [2.75, 3.05) is 7.11 Å². The largest absolute Gasteiger partial charge is 0.497 e. The van der Waals surface area contributed by atoms with E-state index in [1.54, 1.807) is 31.4 Å². The van der Waals surface area contributed by atoms with Crippen molar-refractivity contribution >= 4 is 28.3 Å². The fraction of sp³-hybridized carbons (Fsp3) is 0.150. The first-order valence-corrected chi connectivity index (χ1v) is 7.99. The van der Waals surface area contributed by atoms with Crippen molar-refractivity contribution in [3.63, 3.8) is 0 Å². The standard InChI is InChI=1S/C20H17ClO3/c1-13(24-20(22)18-5-3-4-6-19(18)21)14-7-8-16-12-17(23-2)10-9-15(16)11-14/h3-13H,1-2H3/t13-/m1/s1. The van der Waals surface area contributed by atoms with E-state index in [4.69, 9.17) is 21.1 Å². The van der Waals surface area contributed by atoms with Crippen LogP contribution in [-0.2, 0) is 4.74 Å². The molecule has 0 saturated carbocycles. The van der Waals surface area contributed by atoms with Crippen LogP contribution in [0.15, 0.2) is 60.7 Å². The quantitative estimate of drug-likeness (QED) is 0.595. The monoisotopic (exact) mass is 340 g/mol. The normalized spacial score (nSPS) is 12.0. The highest BCUT2D eigenvalue weighted by atomic mass is 35.5. The van der Waals surface area contributed by atoms with Gasteiger partial charge in [0.15, 0.2) is 0 Å². The van der Waals surface area contributed by atoms with Gasteiger partial charge in [0.25, 0.3) is 0 Å². The Morgan fingerprint density at radius 2 is 1.71 bits per heavy atom. The minimum atomic E-state index is -0.428. The Balaban J connectivity index is 1.82. The second-order valence-corrected chi connectivity index (χ2v) is 5.91. The van der Waals surface area contributed by atoms with E-state index in [0.717, 1.165) is 22.1 Å². The summed E-state index contributed by atoms with van der Waals surface area (Å²) in [6, 6.07) is 18.7. The second kappa shape index (κ2) is 6.93. The van der Waals surface area contributed by atoms with Gasteiger partial charge in [0.2, 0.25) is 0 Å². The molecule has 0 spiro atoms. The molecule has 4 heteroatoms. The summed E-state index contributed by atoms with van der Waals surface area (Å²) < 4.78 is 10.8. The molecule has 0 aromatic heterocycles. The van der Waals surface area contributed by atoms with Gasteiger partial charge in [-0.2, -0.15) is 0 Å². The summed E-state index contributed by atoms with van der Waals surface area (Å²) in [5, 5.41) is 2.52. The predicted molar refractivity (Wildman–Crippen MR) is 95.8 cm³/mol. The van der Waals surface area contributed by atoms with Gasteiger partial charge in [0.1, 0.15) is 11.9 Å². The van der Waals surface area contributed by atoms with E-state index in [9.17, 15) is 4.79 Å². The first-order valence-electron chi connectivity index (χ1n) is 7.61. The zero-order valence-electron chi connectivity index (χ0n) is 13.5. The minimum absolute atomic E-state index is 0.372. The summed E-state index contributed by atoms with van der Waals surface area (Å²) in [7, 11) is 1.64. The smallest absolute Gasteiger partial charge is 0.340 e. The van der Waals surface area contributed by atoms with E-state index >= 15 is 0 Å². The average Bonchev–Trinajstić information content (AvgIpc) is 2.61. The Hall–Kier alpha value is -2.52. The highest BCUT2D eigenvalue weighted by molar-refractivity contribution is 6.33. The molecule has 0 amide bonds. The maximum Gasteiger partial charge on any atom is 0.340 e. The molecule has 0 bridgehead atoms. The number of benzene rings is 3. The van der Waals surface area contributed by atoms with Gasteiger partial charge in [-0.15, -0.1) is 0 Å². The van der Waals surface area contributed by atoms with Gasteiger partial charge in [-0.25, -0.2) is 4.79 Å². The van der Waals surface area contributed by atoms with E-state index in [1.165, 1.54) is 0 Å². The van der Waals surface area contributed by atoms with Crippen LogP contribution in [-0.4, -0.2) is 13.1 Å². The van der Waals surface area contributed by atoms with E-state index in [2.05, 4.69) is 0 Å². The topological polar surface area (TPSA) is 35.5 Å². The van der Waals surface area contributed by atoms with Crippen LogP contribution < -0.4 is 4.74 Å². The third-order valence-corrected chi connectivity index (χ3v) is 4.25. The third-order valence-electron chi connectivity index (χ3n) is 3.92. The Labute approximate surface area is 145 Å². The molecule has 3 nitrogen and oxygen atoms in total. The number of hydrogen-bond acceptors (Lipinski definition) is 3. The molecule has 0 fully saturated rings. The number of carbonyl (C=O) groups is 1. The van der Waals surface area contributed by atoms with Crippen LogP contribution in [0.25, 0.3) is 10.8 Å². The van der Waals surface area contributed by atoms with Crippen molar-refractivity contribution in [1.82, 2.24) is 0 Å². The van der Waals surface area contributed by atoms with Crippen LogP contribution in [0.1, 0.15) is 28.9 Å². The maximum absolute atomic E-state index is 12.3. The van der Waals surface area contributed by atoms with Crippen LogP contribution in [0.5, 0.6) is 5.75 Å². The predicted octanol–water partition coefficient (Wildman–Crippen LogP) is 5.42. The summed E-state index contributed by atoms with van der Waals surface area (Å²) in [5.41, 5.74) is 1.30. The SMILES string of the molecule is COc1ccc2cc([C@@H](C)OC(=O)c3ccccc3Cl)ccc2c1. The molecule has 3 rings (SSSR count). The van der Waals surface area contributed by atoms with Crippen molar-refractivity contribution in [2.24, 2.45) is 0 Å². The van der Waals surface area contributed by atoms with Crippen molar-refractivity contribution in [3.05, 3.63) is 76.8 Å². The summed E-state index contributed by atoms with van der Waals surface area (Å²) in [4.78, 5) is 12.3. The number of rotatable bonds is 4. The molecule has 1 atom stereocenters. The zero-order chi connectivity index (χ0) is 17.1. The Kier molecular flexibility index (Phi) is 4.72. The lowest BCUT2D eigenvalue weighted by atomic mass is 10.0. The van der Waals surface area contributed by atoms with Crippen LogP contribution in [0.3, 0.4) is 0 Å². The summed E-state index contributed by atoms with van der Waals surface area (Å²) >= 11 is 6.04. The van der Waals surface area contributed by atoms with E-state index in [-0.39, 0.29) is 6.10 Å². The molecule has 0 N–H and O–H groups in total. The van der Waals surface area contributed by atoms with Gasteiger partial charge >= 0.3 is 5.97 Å². The lowest BCUT2D eigenvalue weighted by Gasteiger charge is -2.15. The van der Waals surface area contributed by atoms with Crippen LogP contribution in [0, 0.1) is 0 Å². The van der Waals surface area contributed by atoms with Crippen LogP contribution >= 0.6 is 11.6 Å². The Morgan fingerprint density at radius 3 is 2.46 bits per heavy atom. The molecule has 0 aliphatic carbocycles. The third kappa shape index (κ3) is 3.36. The summed E-state index contributed by atoms with van der Waals surface area (Å²) in [6.45, 7) is 1.85. The summed E-state index contributed by atoms with van der Waals surface area (Å²) in [5.74, 6) is 0.386. The van der Waals surface area contributed by atoms with Gasteiger partial charge in [-0.1, -0.05) is 41.9 Å². The number of halogens is 1. The number of esters is 1. The molecule has 3 aromatic rings. The van der Waals surface area contributed by atoms with Gasteiger partial charge in [-0.05, 0) is 53.6 Å². The Morgan fingerprint density at radius 1 is 1.00 bits per heavy atom. The van der Waals surface area contributed by atoms with Crippen molar-refractivity contribution < 1.29 is 14.3 Å². The maximum atomic E-state index is 12.3. The molecule has 0 heterocycles. The van der Waals surface area contributed by atoms with Gasteiger partial charge in [0.05, 0.1) is 17.7 Å². The number of methoxy groups -OCH3 is 1. The van der Waals surface area contributed by atoms with Crippen LogP contribution in [0.2, 0.25) is 5.02 Å². The summed E-state index contributed by atoms with van der Waals surface area (Å²) in [6.07, 6.45) is -0.375. The number of ether oxygens (including phenoxy) is 2. The number of carbonyl (C=O) groups excluding carboxylic acids is 1. The van der Waals surface area contributed by atoms with E-state index in [1.807, 2.05) is 43.3 Å².